The third kappa shape index (κ3) is 4.49. The number of amides is 2. The van der Waals surface area contributed by atoms with Crippen molar-refractivity contribution < 1.29 is 14.3 Å². The second kappa shape index (κ2) is 7.68. The first-order chi connectivity index (χ1) is 11.6. The molecule has 0 radical (unpaired) electrons. The van der Waals surface area contributed by atoms with E-state index in [9.17, 15) is 4.79 Å². The highest BCUT2D eigenvalue weighted by atomic mass is 32.1. The molecule has 0 aliphatic carbocycles. The van der Waals surface area contributed by atoms with E-state index < -0.39 is 0 Å². The minimum Gasteiger partial charge on any atom is -0.488 e. The summed E-state index contributed by atoms with van der Waals surface area (Å²) in [6.45, 7) is 5.74. The van der Waals surface area contributed by atoms with Crippen LogP contribution in [0.3, 0.4) is 0 Å². The largest absolute Gasteiger partial charge is 0.488 e. The van der Waals surface area contributed by atoms with Gasteiger partial charge >= 0.3 is 6.03 Å². The van der Waals surface area contributed by atoms with Crippen molar-refractivity contribution >= 4 is 23.1 Å². The van der Waals surface area contributed by atoms with Gasteiger partial charge in [-0.25, -0.2) is 4.79 Å². The van der Waals surface area contributed by atoms with Gasteiger partial charge in [0.2, 0.25) is 0 Å². The van der Waals surface area contributed by atoms with E-state index in [4.69, 9.17) is 9.47 Å². The number of benzene rings is 1. The Bertz CT molecular complexity index is 647. The van der Waals surface area contributed by atoms with E-state index in [0.29, 0.717) is 19.7 Å². The van der Waals surface area contributed by atoms with Crippen molar-refractivity contribution in [2.75, 3.05) is 18.4 Å². The molecule has 6 heteroatoms. The van der Waals surface area contributed by atoms with Crippen LogP contribution < -0.4 is 10.1 Å². The highest BCUT2D eigenvalue weighted by Crippen LogP contribution is 2.19. The molecule has 1 saturated heterocycles. The number of urea groups is 1. The summed E-state index contributed by atoms with van der Waals surface area (Å²) in [5.41, 5.74) is 0.760. The molecule has 1 aliphatic rings. The Hall–Kier alpha value is -2.05. The Morgan fingerprint density at radius 2 is 1.96 bits per heavy atom. The Balaban J connectivity index is 1.52. The zero-order valence-electron chi connectivity index (χ0n) is 13.9. The number of thiophene rings is 1. The molecule has 3 rings (SSSR count). The van der Waals surface area contributed by atoms with Crippen molar-refractivity contribution in [1.29, 1.82) is 0 Å². The SMILES string of the molecule is C[C@@H]1CN(C(=O)Nc2ccc(OCc3cccs3)cc2)C[C@H](C)O1. The van der Waals surface area contributed by atoms with Gasteiger partial charge in [0.1, 0.15) is 12.4 Å². The lowest BCUT2D eigenvalue weighted by atomic mass is 10.2. The van der Waals surface area contributed by atoms with Crippen molar-refractivity contribution in [2.45, 2.75) is 32.7 Å². The van der Waals surface area contributed by atoms with Gasteiger partial charge in [-0.05, 0) is 49.6 Å². The molecular formula is C18H22N2O3S. The van der Waals surface area contributed by atoms with Gasteiger partial charge in [0, 0.05) is 23.7 Å². The summed E-state index contributed by atoms with van der Waals surface area (Å²) in [5.74, 6) is 0.787. The fourth-order valence-corrected chi connectivity index (χ4v) is 3.35. The van der Waals surface area contributed by atoms with Crippen LogP contribution in [0.4, 0.5) is 10.5 Å². The fraction of sp³-hybridized carbons (Fsp3) is 0.389. The van der Waals surface area contributed by atoms with Crippen molar-refractivity contribution in [3.05, 3.63) is 46.7 Å². The third-order valence-electron chi connectivity index (χ3n) is 3.77. The maximum atomic E-state index is 12.4. The molecule has 0 spiro atoms. The van der Waals surface area contributed by atoms with Gasteiger partial charge in [-0.2, -0.15) is 0 Å². The van der Waals surface area contributed by atoms with E-state index in [0.717, 1.165) is 11.4 Å². The average Bonchev–Trinajstić information content (AvgIpc) is 3.07. The van der Waals surface area contributed by atoms with Crippen molar-refractivity contribution in [3.8, 4) is 5.75 Å². The van der Waals surface area contributed by atoms with E-state index in [1.165, 1.54) is 4.88 Å². The van der Waals surface area contributed by atoms with Gasteiger partial charge in [-0.1, -0.05) is 6.07 Å². The minimum absolute atomic E-state index is 0.0625. The lowest BCUT2D eigenvalue weighted by molar-refractivity contribution is -0.0530. The van der Waals surface area contributed by atoms with Gasteiger partial charge in [-0.3, -0.25) is 0 Å². The number of nitrogens with zero attached hydrogens (tertiary/aromatic N) is 1. The number of morpholine rings is 1. The molecule has 2 aromatic rings. The highest BCUT2D eigenvalue weighted by molar-refractivity contribution is 7.09. The van der Waals surface area contributed by atoms with Crippen LogP contribution in [-0.2, 0) is 11.3 Å². The summed E-state index contributed by atoms with van der Waals surface area (Å²) >= 11 is 1.67. The molecule has 0 saturated carbocycles. The summed E-state index contributed by atoms with van der Waals surface area (Å²) in [6, 6.07) is 11.4. The zero-order valence-corrected chi connectivity index (χ0v) is 14.7. The van der Waals surface area contributed by atoms with Crippen LogP contribution >= 0.6 is 11.3 Å². The Labute approximate surface area is 146 Å². The van der Waals surface area contributed by atoms with E-state index in [1.54, 1.807) is 16.2 Å². The molecular weight excluding hydrogens is 324 g/mol. The maximum Gasteiger partial charge on any atom is 0.322 e. The van der Waals surface area contributed by atoms with Gasteiger partial charge < -0.3 is 19.7 Å². The fourth-order valence-electron chi connectivity index (χ4n) is 2.73. The van der Waals surface area contributed by atoms with Gasteiger partial charge in [-0.15, -0.1) is 11.3 Å². The third-order valence-corrected chi connectivity index (χ3v) is 4.62. The molecule has 0 bridgehead atoms. The number of hydrogen-bond acceptors (Lipinski definition) is 4. The van der Waals surface area contributed by atoms with Crippen molar-refractivity contribution in [2.24, 2.45) is 0 Å². The second-order valence-electron chi connectivity index (χ2n) is 5.98. The van der Waals surface area contributed by atoms with Crippen LogP contribution in [-0.4, -0.2) is 36.2 Å². The van der Waals surface area contributed by atoms with Gasteiger partial charge in [0.25, 0.3) is 0 Å². The number of rotatable bonds is 4. The van der Waals surface area contributed by atoms with E-state index in [2.05, 4.69) is 5.32 Å². The van der Waals surface area contributed by atoms with Crippen LogP contribution in [0.2, 0.25) is 0 Å². The molecule has 2 heterocycles. The Morgan fingerprint density at radius 1 is 1.25 bits per heavy atom. The zero-order chi connectivity index (χ0) is 16.9. The monoisotopic (exact) mass is 346 g/mol. The number of ether oxygens (including phenoxy) is 2. The first-order valence-corrected chi connectivity index (χ1v) is 8.95. The Morgan fingerprint density at radius 3 is 2.58 bits per heavy atom. The summed E-state index contributed by atoms with van der Waals surface area (Å²) < 4.78 is 11.4. The summed E-state index contributed by atoms with van der Waals surface area (Å²) in [6.07, 6.45) is 0.125. The van der Waals surface area contributed by atoms with E-state index in [-0.39, 0.29) is 18.2 Å². The molecule has 0 unspecified atom stereocenters. The van der Waals surface area contributed by atoms with E-state index in [1.807, 2.05) is 55.6 Å². The smallest absolute Gasteiger partial charge is 0.322 e. The van der Waals surface area contributed by atoms with Crippen LogP contribution in [0.15, 0.2) is 41.8 Å². The van der Waals surface area contributed by atoms with Crippen LogP contribution in [0.5, 0.6) is 5.75 Å². The topological polar surface area (TPSA) is 50.8 Å². The molecule has 5 nitrogen and oxygen atoms in total. The summed E-state index contributed by atoms with van der Waals surface area (Å²) in [4.78, 5) is 15.3. The predicted molar refractivity (Wildman–Crippen MR) is 95.7 cm³/mol. The molecule has 1 fully saturated rings. The van der Waals surface area contributed by atoms with Gasteiger partial charge in [0.05, 0.1) is 12.2 Å². The highest BCUT2D eigenvalue weighted by Gasteiger charge is 2.25. The molecule has 1 aromatic carbocycles. The molecule has 2 atom stereocenters. The number of hydrogen-bond donors (Lipinski definition) is 1. The predicted octanol–water partition coefficient (Wildman–Crippen LogP) is 3.97. The number of nitrogens with one attached hydrogen (secondary N) is 1. The molecule has 128 valence electrons. The summed E-state index contributed by atoms with van der Waals surface area (Å²) in [5, 5.41) is 4.96. The molecule has 24 heavy (non-hydrogen) atoms. The first kappa shape index (κ1) is 16.8. The van der Waals surface area contributed by atoms with Crippen molar-refractivity contribution in [1.82, 2.24) is 4.90 Å². The standard InChI is InChI=1S/C18H22N2O3S/c1-13-10-20(11-14(2)23-13)18(21)19-15-5-7-16(8-6-15)22-12-17-4-3-9-24-17/h3-9,13-14H,10-12H2,1-2H3,(H,19,21)/t13-,14+. The quantitative estimate of drug-likeness (QED) is 0.911. The number of anilines is 1. The average molecular weight is 346 g/mol. The normalized spacial score (nSPS) is 20.7. The van der Waals surface area contributed by atoms with Crippen LogP contribution in [0.25, 0.3) is 0 Å². The molecule has 2 amide bonds. The second-order valence-corrected chi connectivity index (χ2v) is 7.02. The Kier molecular flexibility index (Phi) is 5.37. The molecule has 1 aromatic heterocycles. The number of carbonyl (C=O) groups excluding carboxylic acids is 1. The minimum atomic E-state index is -0.0933. The van der Waals surface area contributed by atoms with Crippen LogP contribution in [0, 0.1) is 0 Å². The van der Waals surface area contributed by atoms with Gasteiger partial charge in [0.15, 0.2) is 0 Å². The first-order valence-electron chi connectivity index (χ1n) is 8.07. The lowest BCUT2D eigenvalue weighted by Crippen LogP contribution is -2.49. The number of carbonyl (C=O) groups is 1. The molecule has 1 N–H and O–H groups in total. The summed E-state index contributed by atoms with van der Waals surface area (Å²) in [7, 11) is 0. The lowest BCUT2D eigenvalue weighted by Gasteiger charge is -2.35. The van der Waals surface area contributed by atoms with Crippen molar-refractivity contribution in [3.63, 3.8) is 0 Å². The van der Waals surface area contributed by atoms with E-state index >= 15 is 0 Å². The molecule has 1 aliphatic heterocycles. The van der Waals surface area contributed by atoms with Crippen LogP contribution in [0.1, 0.15) is 18.7 Å². The maximum absolute atomic E-state index is 12.4.